The molecule has 7 aliphatic rings. The Morgan fingerprint density at radius 2 is 0.693 bits per heavy atom. The number of ether oxygens (including phenoxy) is 2. The molecule has 0 aliphatic carbocycles. The van der Waals surface area contributed by atoms with Crippen LogP contribution in [0, 0.1) is 11.6 Å². The van der Waals surface area contributed by atoms with Crippen LogP contribution in [0.4, 0.5) is 59.7 Å². The molecule has 10 N–H and O–H groups in total. The Bertz CT molecular complexity index is 6050. The third kappa shape index (κ3) is 28.2. The molecule has 17 rings (SSSR count). The highest BCUT2D eigenvalue weighted by Crippen LogP contribution is 2.38. The number of para-hydroxylation sites is 2. The lowest BCUT2D eigenvalue weighted by Crippen LogP contribution is -2.33. The Morgan fingerprint density at radius 3 is 1.10 bits per heavy atom. The number of nitrogens with one attached hydrogen (secondary N) is 5. The van der Waals surface area contributed by atoms with Crippen LogP contribution in [0.25, 0.3) is 0 Å². The molecule has 742 valence electrons. The first-order valence-corrected chi connectivity index (χ1v) is 46.1. The molecule has 10 aromatic rings. The van der Waals surface area contributed by atoms with Crippen LogP contribution in [0.3, 0.4) is 0 Å². The van der Waals surface area contributed by atoms with Gasteiger partial charge in [0.2, 0.25) is 11.8 Å². The fourth-order valence-electron chi connectivity index (χ4n) is 18.6. The number of halogens is 11. The minimum Gasteiger partial charge on any atom is -0.494 e. The number of rotatable bonds is 20. The molecular formula is C103H109F11N12O14. The SMILES string of the molecule is CCOc1cc(C(=O)NO)cc2c1CN(CCC(=O)N1CCc3ccccc31)CCC2.O=C(NO)c1cc(F)c2c(c1)CCCN(CCC(=O)N1CCc3ccccc31)C2.O=C(NO)c1cc(F)c2c(c1)CCCN(Cc1ccc(C(F)(F)F)cc1)C2.O=C(NO)c1ccc2c(c1)CCCN(Cc1ccc(C(F)(F)F)cc1)C2.O=C(NO)c1ccc2c(c1)CCCN(Cc1cccc(OC(F)(F)F)c1)C2. The number of hydrogen-bond donors (Lipinski definition) is 10. The monoisotopic (exact) mass is 1950 g/mol. The predicted molar refractivity (Wildman–Crippen MR) is 494 cm³/mol. The fraction of sp³-hybridized carbons (Fsp3) is 0.350. The summed E-state index contributed by atoms with van der Waals surface area (Å²) in [6, 6.07) is 51.8. The Hall–Kier alpha value is -13.1. The van der Waals surface area contributed by atoms with Gasteiger partial charge in [0.05, 0.1) is 17.7 Å². The number of amides is 7. The molecule has 0 bridgehead atoms. The van der Waals surface area contributed by atoms with Gasteiger partial charge in [0, 0.05) is 147 Å². The van der Waals surface area contributed by atoms with Gasteiger partial charge < -0.3 is 19.3 Å². The summed E-state index contributed by atoms with van der Waals surface area (Å²) in [4.78, 5) is 98.3. The molecule has 7 aliphatic heterocycles. The van der Waals surface area contributed by atoms with E-state index in [0.717, 1.165) is 195 Å². The van der Waals surface area contributed by atoms with Gasteiger partial charge in [-0.25, -0.2) is 36.2 Å². The van der Waals surface area contributed by atoms with Crippen LogP contribution in [0.15, 0.2) is 194 Å². The predicted octanol–water partition coefficient (Wildman–Crippen LogP) is 16.9. The van der Waals surface area contributed by atoms with Crippen LogP contribution >= 0.6 is 0 Å². The Morgan fingerprint density at radius 1 is 0.336 bits per heavy atom. The Balaban J connectivity index is 0.000000148. The van der Waals surface area contributed by atoms with Crippen molar-refractivity contribution < 1.29 is 117 Å². The van der Waals surface area contributed by atoms with Crippen molar-refractivity contribution in [1.29, 1.82) is 0 Å². The second kappa shape index (κ2) is 48.2. The van der Waals surface area contributed by atoms with Gasteiger partial charge in [-0.05, 0) is 293 Å². The van der Waals surface area contributed by atoms with Crippen LogP contribution in [0.1, 0.15) is 198 Å². The molecule has 26 nitrogen and oxygen atoms in total. The van der Waals surface area contributed by atoms with Crippen molar-refractivity contribution >= 4 is 52.7 Å². The van der Waals surface area contributed by atoms with Crippen LogP contribution in [-0.2, 0) is 119 Å². The number of hydrogen-bond acceptors (Lipinski definition) is 19. The van der Waals surface area contributed by atoms with Gasteiger partial charge in [-0.1, -0.05) is 84.9 Å². The fourth-order valence-corrected chi connectivity index (χ4v) is 18.6. The Kier molecular flexibility index (Phi) is 35.9. The lowest BCUT2D eigenvalue weighted by Gasteiger charge is -2.24. The lowest BCUT2D eigenvalue weighted by molar-refractivity contribution is -0.274. The quantitative estimate of drug-likeness (QED) is 0.0193. The largest absolute Gasteiger partial charge is 0.573 e. The zero-order valence-corrected chi connectivity index (χ0v) is 76.8. The lowest BCUT2D eigenvalue weighted by atomic mass is 9.99. The van der Waals surface area contributed by atoms with E-state index in [-0.39, 0.29) is 28.7 Å². The van der Waals surface area contributed by atoms with Crippen molar-refractivity contribution in [3.05, 3.63) is 328 Å². The van der Waals surface area contributed by atoms with E-state index >= 15 is 0 Å². The van der Waals surface area contributed by atoms with E-state index in [0.29, 0.717) is 156 Å². The topological polar surface area (TPSA) is 322 Å². The number of anilines is 2. The molecule has 0 saturated carbocycles. The van der Waals surface area contributed by atoms with E-state index in [1.807, 2.05) is 76.2 Å². The minimum absolute atomic E-state index is 0.0462. The first-order valence-electron chi connectivity index (χ1n) is 46.1. The van der Waals surface area contributed by atoms with Crippen LogP contribution in [-0.4, -0.2) is 164 Å². The highest BCUT2D eigenvalue weighted by atomic mass is 19.4. The van der Waals surface area contributed by atoms with E-state index in [1.54, 1.807) is 76.5 Å². The zero-order chi connectivity index (χ0) is 100.0. The average molecular weight is 1950 g/mol. The summed E-state index contributed by atoms with van der Waals surface area (Å²) >= 11 is 0. The second-order valence-electron chi connectivity index (χ2n) is 35.0. The van der Waals surface area contributed by atoms with Crippen molar-refractivity contribution in [2.75, 3.05) is 75.3 Å². The molecule has 7 heterocycles. The van der Waals surface area contributed by atoms with E-state index in [1.165, 1.54) is 53.0 Å². The summed E-state index contributed by atoms with van der Waals surface area (Å²) in [5.41, 5.74) is 23.6. The van der Waals surface area contributed by atoms with Gasteiger partial charge >= 0.3 is 18.7 Å². The van der Waals surface area contributed by atoms with E-state index in [2.05, 4.69) is 36.5 Å². The molecule has 140 heavy (non-hydrogen) atoms. The molecular weight excluding hydrogens is 1840 g/mol. The molecule has 0 atom stereocenters. The summed E-state index contributed by atoms with van der Waals surface area (Å²) in [6.07, 6.45) is -2.88. The van der Waals surface area contributed by atoms with Crippen molar-refractivity contribution in [1.82, 2.24) is 51.9 Å². The number of aryl methyl sites for hydroxylation is 5. The summed E-state index contributed by atoms with van der Waals surface area (Å²) in [7, 11) is 0. The summed E-state index contributed by atoms with van der Waals surface area (Å²) in [5.74, 6) is -3.42. The molecule has 0 aromatic heterocycles. The third-order valence-electron chi connectivity index (χ3n) is 25.5. The average Bonchev–Trinajstić information content (AvgIpc) is 1.30. The first kappa shape index (κ1) is 104. The standard InChI is InChI=1S/C24H29N3O4.C22H24FN3O3.C19H18F4N2O2.C19H19F3N2O3.C19H19F3N2O2/c1-2-31-22-15-19(24(29)25-30)14-18-7-5-11-26(16-20(18)22)12-10-23(28)27-13-9-17-6-3-4-8-21(17)27;23-19-13-17(22(28)24-29)12-16-5-3-9-25(14-18(16)19)10-8-21(27)26-11-7-15-4-1-2-6-20(15)26;20-17-9-14(18(26)24-27)8-13-2-1-7-25(11-16(13)17)10-12-3-5-15(6-4-12)19(21,22)23;20-19(21,22)27-17-5-1-3-13(9-17)11-24-8-2-4-14-10-15(18(25)23-26)6-7-16(14)12-24;20-19(21,22)17-7-3-13(4-8-17)11-24-9-1-2-14-10-15(18(25)23-26)5-6-16(14)12-24/h3-4,6,8,14-15,30H,2,5,7,9-13,16H2,1H3,(H,25,29);1-2,4,6,12-13,29H,3,5,7-11,14H2,(H,24,28);3-6,8-9,27H,1-2,7,10-11H2,(H,24,26);1,3,5-7,9-10,26H,2,4,8,11-12H2,(H,23,25);3-8,10,26H,1-2,9,11-12H2,(H,23,25). The third-order valence-corrected chi connectivity index (χ3v) is 25.5. The maximum atomic E-state index is 14.6. The van der Waals surface area contributed by atoms with Crippen molar-refractivity contribution in [3.63, 3.8) is 0 Å². The molecule has 7 amide bonds. The van der Waals surface area contributed by atoms with Crippen LogP contribution in [0.5, 0.6) is 11.5 Å². The Labute approximate surface area is 801 Å². The summed E-state index contributed by atoms with van der Waals surface area (Å²) < 4.78 is 152. The highest BCUT2D eigenvalue weighted by Gasteiger charge is 2.36. The number of hydroxylamine groups is 5. The normalized spacial score (nSPS) is 15.5. The number of nitrogens with zero attached hydrogens (tertiary/aromatic N) is 7. The van der Waals surface area contributed by atoms with Gasteiger partial charge in [-0.15, -0.1) is 13.2 Å². The van der Waals surface area contributed by atoms with Gasteiger partial charge in [-0.3, -0.25) is 84.1 Å². The molecule has 37 heteroatoms. The smallest absolute Gasteiger partial charge is 0.494 e. The number of benzene rings is 10. The molecule has 0 unspecified atom stereocenters. The maximum absolute atomic E-state index is 14.6. The second-order valence-corrected chi connectivity index (χ2v) is 35.0. The molecule has 10 aromatic carbocycles. The van der Waals surface area contributed by atoms with Crippen molar-refractivity contribution in [2.45, 2.75) is 168 Å². The van der Waals surface area contributed by atoms with E-state index < -0.39 is 71.0 Å². The van der Waals surface area contributed by atoms with Gasteiger partial charge in [-0.2, -0.15) is 26.3 Å². The van der Waals surface area contributed by atoms with Gasteiger partial charge in [0.15, 0.2) is 0 Å². The molecule has 0 spiro atoms. The van der Waals surface area contributed by atoms with Crippen LogP contribution < -0.4 is 46.7 Å². The highest BCUT2D eigenvalue weighted by molar-refractivity contribution is 5.98. The van der Waals surface area contributed by atoms with Gasteiger partial charge in [0.25, 0.3) is 29.5 Å². The van der Waals surface area contributed by atoms with E-state index in [9.17, 15) is 81.9 Å². The van der Waals surface area contributed by atoms with E-state index in [4.69, 9.17) is 30.8 Å². The number of alkyl halides is 9. The zero-order valence-electron chi connectivity index (χ0n) is 76.8. The minimum atomic E-state index is -4.71. The molecule has 0 radical (unpaired) electrons. The summed E-state index contributed by atoms with van der Waals surface area (Å²) in [5, 5.41) is 44.0. The van der Waals surface area contributed by atoms with Gasteiger partial charge in [0.1, 0.15) is 23.1 Å². The maximum Gasteiger partial charge on any atom is 0.573 e. The number of carbonyl (C=O) groups excluding carboxylic acids is 7. The number of fused-ring (bicyclic) bond motifs is 7. The molecule has 0 saturated heterocycles. The van der Waals surface area contributed by atoms with Crippen LogP contribution in [0.2, 0.25) is 0 Å². The first-order chi connectivity index (χ1) is 67.1. The summed E-state index contributed by atoms with van der Waals surface area (Å²) in [6.45, 7) is 13.1. The molecule has 0 fully saturated rings. The van der Waals surface area contributed by atoms with Crippen molar-refractivity contribution in [2.24, 2.45) is 0 Å². The van der Waals surface area contributed by atoms with Crippen molar-refractivity contribution in [3.8, 4) is 11.5 Å². The number of carbonyl (C=O) groups is 7.